The molecule has 0 saturated carbocycles. The van der Waals surface area contributed by atoms with Crippen LogP contribution in [-0.4, -0.2) is 24.9 Å². The first kappa shape index (κ1) is 7.62. The first-order valence-corrected chi connectivity index (χ1v) is 5.32. The van der Waals surface area contributed by atoms with Crippen LogP contribution in [0.2, 0.25) is 0 Å². The Kier molecular flexibility index (Phi) is 2.00. The van der Waals surface area contributed by atoms with Crippen molar-refractivity contribution in [3.05, 3.63) is 10.5 Å². The maximum atomic E-state index is 10.6. The van der Waals surface area contributed by atoms with E-state index in [4.69, 9.17) is 0 Å². The summed E-state index contributed by atoms with van der Waals surface area (Å²) in [6.45, 7) is 0. The van der Waals surface area contributed by atoms with Crippen LogP contribution in [0.25, 0.3) is 0 Å². The van der Waals surface area contributed by atoms with E-state index in [1.54, 1.807) is 0 Å². The molecule has 0 aliphatic rings. The molecule has 0 fully saturated rings. The highest BCUT2D eigenvalue weighted by Gasteiger charge is 2.06. The zero-order valence-corrected chi connectivity index (χ0v) is 6.87. The third kappa shape index (κ3) is 2.40. The van der Waals surface area contributed by atoms with Gasteiger partial charge in [-0.2, -0.15) is 0 Å². The van der Waals surface area contributed by atoms with E-state index in [0.717, 1.165) is 17.6 Å². The molecule has 0 N–H and O–H groups in total. The summed E-state index contributed by atoms with van der Waals surface area (Å²) in [5, 5.41) is 7.41. The summed E-state index contributed by atoms with van der Waals surface area (Å²) in [5.41, 5.74) is 2.47. The van der Waals surface area contributed by atoms with Crippen LogP contribution in [0.1, 0.15) is 5.01 Å². The van der Waals surface area contributed by atoms with Gasteiger partial charge in [-0.05, 0) is 0 Å². The monoisotopic (exact) mass is 177 g/mol. The molecule has 0 aliphatic carbocycles. The van der Waals surface area contributed by atoms with Gasteiger partial charge >= 0.3 is 0 Å². The molecular weight excluding hydrogens is 172 g/mol. The Morgan fingerprint density at radius 3 is 2.80 bits per heavy atom. The van der Waals surface area contributed by atoms with Crippen molar-refractivity contribution in [3.8, 4) is 0 Å². The average Bonchev–Trinajstić information content (AvgIpc) is 2.12. The number of nitrogens with zero attached hydrogens (tertiary/aromatic N) is 2. The lowest BCUT2D eigenvalue weighted by atomic mass is 10.9. The SMILES string of the molecule is CS(=O)(=O)Cc1nn[c]s1. The molecule has 4 nitrogen and oxygen atoms in total. The van der Waals surface area contributed by atoms with E-state index in [-0.39, 0.29) is 5.75 Å². The van der Waals surface area contributed by atoms with Crippen LogP contribution in [0.3, 0.4) is 0 Å². The Morgan fingerprint density at radius 1 is 1.70 bits per heavy atom. The number of aromatic nitrogens is 2. The van der Waals surface area contributed by atoms with Gasteiger partial charge in [-0.25, -0.2) is 8.42 Å². The van der Waals surface area contributed by atoms with E-state index in [9.17, 15) is 8.42 Å². The van der Waals surface area contributed by atoms with Crippen molar-refractivity contribution in [2.24, 2.45) is 0 Å². The highest BCUT2D eigenvalue weighted by atomic mass is 32.2. The molecule has 55 valence electrons. The number of sulfone groups is 1. The Balaban J connectivity index is 2.75. The summed E-state index contributed by atoms with van der Waals surface area (Å²) in [6.07, 6.45) is 1.16. The maximum Gasteiger partial charge on any atom is 0.178 e. The van der Waals surface area contributed by atoms with Crippen molar-refractivity contribution in [2.75, 3.05) is 6.26 Å². The molecule has 10 heavy (non-hydrogen) atoms. The van der Waals surface area contributed by atoms with E-state index in [1.165, 1.54) is 0 Å². The van der Waals surface area contributed by atoms with Gasteiger partial charge in [0.2, 0.25) is 0 Å². The molecule has 0 atom stereocenters. The van der Waals surface area contributed by atoms with Crippen molar-refractivity contribution >= 4 is 21.2 Å². The minimum atomic E-state index is -2.96. The second-order valence-corrected chi connectivity index (χ2v) is 4.86. The van der Waals surface area contributed by atoms with E-state index < -0.39 is 9.84 Å². The second kappa shape index (κ2) is 2.63. The normalized spacial score (nSPS) is 11.7. The fourth-order valence-electron chi connectivity index (χ4n) is 0.452. The lowest BCUT2D eigenvalue weighted by Gasteiger charge is -1.88. The van der Waals surface area contributed by atoms with E-state index in [1.807, 2.05) is 0 Å². The molecule has 0 spiro atoms. The second-order valence-electron chi connectivity index (χ2n) is 1.86. The van der Waals surface area contributed by atoms with Gasteiger partial charge in [-0.1, -0.05) is 11.3 Å². The first-order valence-electron chi connectivity index (χ1n) is 2.44. The van der Waals surface area contributed by atoms with Crippen molar-refractivity contribution in [1.82, 2.24) is 10.2 Å². The van der Waals surface area contributed by atoms with Crippen LogP contribution < -0.4 is 0 Å². The molecule has 1 rings (SSSR count). The van der Waals surface area contributed by atoms with Gasteiger partial charge in [0.15, 0.2) is 15.3 Å². The molecule has 0 amide bonds. The largest absolute Gasteiger partial charge is 0.229 e. The molecule has 0 bridgehead atoms. The van der Waals surface area contributed by atoms with Gasteiger partial charge in [-0.3, -0.25) is 0 Å². The van der Waals surface area contributed by atoms with Gasteiger partial charge in [0, 0.05) is 6.26 Å². The molecule has 0 aliphatic heterocycles. The van der Waals surface area contributed by atoms with Crippen LogP contribution in [0, 0.1) is 5.51 Å². The zero-order chi connectivity index (χ0) is 7.61. The summed E-state index contributed by atoms with van der Waals surface area (Å²) >= 11 is 1.12. The van der Waals surface area contributed by atoms with Gasteiger partial charge in [0.05, 0.1) is 0 Å². The average molecular weight is 177 g/mol. The minimum Gasteiger partial charge on any atom is -0.229 e. The Labute approximate surface area is 62.8 Å². The quantitative estimate of drug-likeness (QED) is 0.632. The molecule has 1 heterocycles. The topological polar surface area (TPSA) is 59.9 Å². The lowest BCUT2D eigenvalue weighted by molar-refractivity contribution is 0.600. The predicted octanol–water partition coefficient (Wildman–Crippen LogP) is -0.117. The standard InChI is InChI=1S/C4H5N2O2S2/c1-10(7,8)2-4-6-5-3-9-4/h2H2,1H3. The van der Waals surface area contributed by atoms with Gasteiger partial charge in [0.1, 0.15) is 10.8 Å². The fraction of sp³-hybridized carbons (Fsp3) is 0.500. The smallest absolute Gasteiger partial charge is 0.178 e. The number of hydrogen-bond donors (Lipinski definition) is 0. The molecule has 1 aromatic heterocycles. The molecular formula is C4H5N2O2S2. The van der Waals surface area contributed by atoms with Crippen LogP contribution in [0.4, 0.5) is 0 Å². The van der Waals surface area contributed by atoms with Crippen LogP contribution in [0.5, 0.6) is 0 Å². The van der Waals surface area contributed by atoms with E-state index >= 15 is 0 Å². The van der Waals surface area contributed by atoms with Crippen LogP contribution >= 0.6 is 11.3 Å². The molecule has 0 unspecified atom stereocenters. The molecule has 0 aromatic carbocycles. The van der Waals surface area contributed by atoms with Crippen molar-refractivity contribution in [1.29, 1.82) is 0 Å². The highest BCUT2D eigenvalue weighted by Crippen LogP contribution is 2.04. The minimum absolute atomic E-state index is 0.0336. The summed E-state index contributed by atoms with van der Waals surface area (Å²) in [6, 6.07) is 0. The predicted molar refractivity (Wildman–Crippen MR) is 37.3 cm³/mol. The van der Waals surface area contributed by atoms with E-state index in [0.29, 0.717) is 5.01 Å². The van der Waals surface area contributed by atoms with Crippen LogP contribution in [0.15, 0.2) is 0 Å². The summed E-state index contributed by atoms with van der Waals surface area (Å²) < 4.78 is 21.2. The Morgan fingerprint density at radius 2 is 2.40 bits per heavy atom. The fourth-order valence-corrected chi connectivity index (χ4v) is 2.11. The van der Waals surface area contributed by atoms with Crippen molar-refractivity contribution in [3.63, 3.8) is 0 Å². The Bertz CT molecular complexity index is 289. The zero-order valence-electron chi connectivity index (χ0n) is 5.23. The van der Waals surface area contributed by atoms with Crippen molar-refractivity contribution in [2.45, 2.75) is 5.75 Å². The Hall–Kier alpha value is -0.490. The third-order valence-corrected chi connectivity index (χ3v) is 2.37. The van der Waals surface area contributed by atoms with Gasteiger partial charge < -0.3 is 0 Å². The van der Waals surface area contributed by atoms with E-state index in [2.05, 4.69) is 15.7 Å². The van der Waals surface area contributed by atoms with Crippen molar-refractivity contribution < 1.29 is 8.42 Å². The van der Waals surface area contributed by atoms with Crippen LogP contribution in [-0.2, 0) is 15.6 Å². The summed E-state index contributed by atoms with van der Waals surface area (Å²) in [5.74, 6) is -0.0336. The first-order chi connectivity index (χ1) is 4.58. The summed E-state index contributed by atoms with van der Waals surface area (Å²) in [4.78, 5) is 0. The highest BCUT2D eigenvalue weighted by molar-refractivity contribution is 7.90. The number of hydrogen-bond acceptors (Lipinski definition) is 5. The molecule has 6 heteroatoms. The summed E-state index contributed by atoms with van der Waals surface area (Å²) in [7, 11) is -2.96. The molecule has 1 radical (unpaired) electrons. The number of rotatable bonds is 2. The molecule has 0 saturated heterocycles. The third-order valence-electron chi connectivity index (χ3n) is 0.751. The van der Waals surface area contributed by atoms with Gasteiger partial charge in [0.25, 0.3) is 0 Å². The lowest BCUT2D eigenvalue weighted by Crippen LogP contribution is -1.99. The van der Waals surface area contributed by atoms with Gasteiger partial charge in [-0.15, -0.1) is 10.2 Å². The molecule has 1 aromatic rings. The maximum absolute atomic E-state index is 10.6.